The van der Waals surface area contributed by atoms with Crippen molar-refractivity contribution < 1.29 is 17.9 Å². The number of aromatic nitrogens is 1. The molecule has 1 heterocycles. The molecule has 1 amide bonds. The molecule has 28 heavy (non-hydrogen) atoms. The summed E-state index contributed by atoms with van der Waals surface area (Å²) in [6.45, 7) is 0.675. The van der Waals surface area contributed by atoms with Crippen LogP contribution < -0.4 is 9.54 Å². The largest absolute Gasteiger partial charge is 0.497 e. The lowest BCUT2D eigenvalue weighted by molar-refractivity contribution is 0.0998. The van der Waals surface area contributed by atoms with Crippen LogP contribution in [0.15, 0.2) is 52.4 Å². The van der Waals surface area contributed by atoms with E-state index in [0.717, 1.165) is 16.0 Å². The number of thioether (sulfide) groups is 1. The van der Waals surface area contributed by atoms with Crippen molar-refractivity contribution in [2.75, 3.05) is 25.4 Å². The fourth-order valence-corrected chi connectivity index (χ4v) is 4.83. The van der Waals surface area contributed by atoms with Crippen molar-refractivity contribution in [2.24, 2.45) is 4.99 Å². The van der Waals surface area contributed by atoms with Crippen LogP contribution in [0.1, 0.15) is 10.4 Å². The summed E-state index contributed by atoms with van der Waals surface area (Å²) in [6.07, 6.45) is 3.19. The van der Waals surface area contributed by atoms with Gasteiger partial charge in [-0.3, -0.25) is 4.79 Å². The Labute approximate surface area is 171 Å². The molecule has 0 aliphatic carbocycles. The monoisotopic (exact) mass is 436 g/mol. The van der Waals surface area contributed by atoms with Crippen LogP contribution in [0.2, 0.25) is 0 Å². The summed E-state index contributed by atoms with van der Waals surface area (Å²) in [4.78, 5) is 17.7. The van der Waals surface area contributed by atoms with Crippen molar-refractivity contribution in [3.63, 3.8) is 0 Å². The molecule has 0 aliphatic rings. The van der Waals surface area contributed by atoms with E-state index in [9.17, 15) is 13.2 Å². The number of carbonyl (C=O) groups is 1. The molecule has 9 heteroatoms. The third-order valence-corrected chi connectivity index (χ3v) is 6.88. The Hall–Kier alpha value is -2.10. The van der Waals surface area contributed by atoms with Crippen molar-refractivity contribution in [3.05, 3.63) is 52.8 Å². The molecule has 148 valence electrons. The van der Waals surface area contributed by atoms with Gasteiger partial charge in [0, 0.05) is 24.1 Å². The van der Waals surface area contributed by atoms with Gasteiger partial charge in [0.25, 0.3) is 5.91 Å². The van der Waals surface area contributed by atoms with Gasteiger partial charge < -0.3 is 9.30 Å². The van der Waals surface area contributed by atoms with Crippen molar-refractivity contribution >= 4 is 49.1 Å². The molecule has 0 unspecified atom stereocenters. The number of hydrogen-bond donors (Lipinski definition) is 0. The maximum absolute atomic E-state index is 12.6. The second-order valence-electron chi connectivity index (χ2n) is 6.08. The first-order valence-corrected chi connectivity index (χ1v) is 12.5. The molecule has 0 saturated heterocycles. The van der Waals surface area contributed by atoms with Crippen molar-refractivity contribution in [2.45, 2.75) is 11.4 Å². The van der Waals surface area contributed by atoms with Gasteiger partial charge in [-0.05, 0) is 48.7 Å². The lowest BCUT2D eigenvalue weighted by Crippen LogP contribution is -2.18. The molecule has 0 N–H and O–H groups in total. The van der Waals surface area contributed by atoms with Gasteiger partial charge >= 0.3 is 0 Å². The minimum Gasteiger partial charge on any atom is -0.497 e. The van der Waals surface area contributed by atoms with E-state index < -0.39 is 9.84 Å². The van der Waals surface area contributed by atoms with Gasteiger partial charge in [-0.15, -0.1) is 0 Å². The molecule has 0 saturated carbocycles. The number of carbonyl (C=O) groups excluding carboxylic acids is 1. The van der Waals surface area contributed by atoms with E-state index in [0.29, 0.717) is 22.7 Å². The molecule has 0 atom stereocenters. The molecule has 0 aliphatic heterocycles. The lowest BCUT2D eigenvalue weighted by Gasteiger charge is -2.04. The minimum atomic E-state index is -3.30. The first-order valence-electron chi connectivity index (χ1n) is 8.39. The minimum absolute atomic E-state index is 0.256. The Balaban J connectivity index is 2.11. The van der Waals surface area contributed by atoms with E-state index in [1.165, 1.54) is 17.6 Å². The molecule has 0 spiro atoms. The van der Waals surface area contributed by atoms with Gasteiger partial charge in [0.05, 0.1) is 22.2 Å². The van der Waals surface area contributed by atoms with E-state index in [-0.39, 0.29) is 10.8 Å². The molecule has 2 aromatic carbocycles. The Morgan fingerprint density at radius 3 is 2.54 bits per heavy atom. The normalized spacial score (nSPS) is 12.5. The first-order chi connectivity index (χ1) is 13.3. The number of aryl methyl sites for hydroxylation is 1. The fourth-order valence-electron chi connectivity index (χ4n) is 2.65. The zero-order valence-corrected chi connectivity index (χ0v) is 18.2. The van der Waals surface area contributed by atoms with Crippen LogP contribution in [-0.2, 0) is 16.4 Å². The summed E-state index contributed by atoms with van der Waals surface area (Å²) >= 11 is 3.00. The zero-order valence-electron chi connectivity index (χ0n) is 15.7. The third-order valence-electron chi connectivity index (χ3n) is 4.14. The van der Waals surface area contributed by atoms with Gasteiger partial charge in [0.15, 0.2) is 14.6 Å². The van der Waals surface area contributed by atoms with Crippen LogP contribution in [-0.4, -0.2) is 44.3 Å². The second kappa shape index (κ2) is 8.50. The average molecular weight is 437 g/mol. The van der Waals surface area contributed by atoms with Crippen LogP contribution in [0.3, 0.4) is 0 Å². The second-order valence-corrected chi connectivity index (χ2v) is 10.1. The first kappa shape index (κ1) is 20.6. The highest BCUT2D eigenvalue weighted by atomic mass is 32.2. The van der Waals surface area contributed by atoms with Crippen LogP contribution >= 0.6 is 23.1 Å². The van der Waals surface area contributed by atoms with Crippen molar-refractivity contribution in [1.82, 2.24) is 4.57 Å². The quantitative estimate of drug-likeness (QED) is 0.593. The number of thiazole rings is 1. The number of nitrogens with zero attached hydrogens (tertiary/aromatic N) is 2. The number of hydrogen-bond acceptors (Lipinski definition) is 6. The molecule has 0 bridgehead atoms. The lowest BCUT2D eigenvalue weighted by atomic mass is 10.2. The highest BCUT2D eigenvalue weighted by molar-refractivity contribution is 7.98. The van der Waals surface area contributed by atoms with Crippen molar-refractivity contribution in [3.8, 4) is 5.75 Å². The number of benzene rings is 2. The summed E-state index contributed by atoms with van der Waals surface area (Å²) in [7, 11) is -1.74. The van der Waals surface area contributed by atoms with Gasteiger partial charge in [-0.2, -0.15) is 16.8 Å². The number of amides is 1. The molecule has 0 fully saturated rings. The molecule has 3 rings (SSSR count). The fraction of sp³-hybridized carbons (Fsp3) is 0.263. The Bertz CT molecular complexity index is 1180. The van der Waals surface area contributed by atoms with E-state index >= 15 is 0 Å². The summed E-state index contributed by atoms with van der Waals surface area (Å²) in [5.74, 6) is 1.17. The Morgan fingerprint density at radius 2 is 1.93 bits per heavy atom. The number of ether oxygens (including phenoxy) is 1. The highest BCUT2D eigenvalue weighted by Crippen LogP contribution is 2.22. The number of methoxy groups -OCH3 is 1. The molecule has 0 radical (unpaired) electrons. The number of fused-ring (bicyclic) bond motifs is 1. The Kier molecular flexibility index (Phi) is 6.26. The summed E-state index contributed by atoms with van der Waals surface area (Å²) in [5.41, 5.74) is 1.33. The third kappa shape index (κ3) is 4.48. The summed E-state index contributed by atoms with van der Waals surface area (Å²) in [5, 5.41) is 0. The summed E-state index contributed by atoms with van der Waals surface area (Å²) < 4.78 is 31.6. The van der Waals surface area contributed by atoms with Gasteiger partial charge in [-0.1, -0.05) is 11.3 Å². The Morgan fingerprint density at radius 1 is 1.21 bits per heavy atom. The van der Waals surface area contributed by atoms with E-state index in [4.69, 9.17) is 4.74 Å². The average Bonchev–Trinajstić information content (AvgIpc) is 3.01. The topological polar surface area (TPSA) is 77.7 Å². The van der Waals surface area contributed by atoms with Gasteiger partial charge in [0.1, 0.15) is 5.75 Å². The number of sulfone groups is 1. The van der Waals surface area contributed by atoms with Gasteiger partial charge in [0.2, 0.25) is 0 Å². The van der Waals surface area contributed by atoms with E-state index in [2.05, 4.69) is 4.99 Å². The van der Waals surface area contributed by atoms with Gasteiger partial charge in [-0.25, -0.2) is 8.42 Å². The standard InChI is InChI=1S/C19H20N2O4S3/c1-25-14-6-4-13(5-7-14)18(22)20-19-21(10-11-26-2)16-9-8-15(28(3,23)24)12-17(16)27-19/h4-9,12H,10-11H2,1-3H3. The van der Waals surface area contributed by atoms with Crippen LogP contribution in [0.5, 0.6) is 5.75 Å². The highest BCUT2D eigenvalue weighted by Gasteiger charge is 2.13. The molecule has 3 aromatic rings. The predicted octanol–water partition coefficient (Wildman–Crippen LogP) is 3.22. The maximum atomic E-state index is 12.6. The molecular weight excluding hydrogens is 416 g/mol. The number of rotatable bonds is 6. The smallest absolute Gasteiger partial charge is 0.279 e. The van der Waals surface area contributed by atoms with Crippen LogP contribution in [0.4, 0.5) is 0 Å². The van der Waals surface area contributed by atoms with E-state index in [1.54, 1.807) is 61.3 Å². The molecule has 6 nitrogen and oxygen atoms in total. The van der Waals surface area contributed by atoms with Crippen LogP contribution in [0, 0.1) is 0 Å². The maximum Gasteiger partial charge on any atom is 0.279 e. The molecule has 1 aromatic heterocycles. The summed E-state index contributed by atoms with van der Waals surface area (Å²) in [6, 6.07) is 11.8. The predicted molar refractivity (Wildman–Crippen MR) is 114 cm³/mol. The SMILES string of the molecule is COc1ccc(C(=O)N=c2sc3cc(S(C)(=O)=O)ccc3n2CCSC)cc1. The van der Waals surface area contributed by atoms with Crippen LogP contribution in [0.25, 0.3) is 10.2 Å². The van der Waals surface area contributed by atoms with Crippen molar-refractivity contribution in [1.29, 1.82) is 0 Å². The molecular formula is C19H20N2O4S3. The van der Waals surface area contributed by atoms with E-state index in [1.807, 2.05) is 10.8 Å². The zero-order chi connectivity index (χ0) is 20.3.